The molecular formula is C17H27NO. The third kappa shape index (κ3) is 3.37. The molecule has 1 aliphatic carbocycles. The fourth-order valence-corrected chi connectivity index (χ4v) is 2.81. The van der Waals surface area contributed by atoms with Crippen LogP contribution in [0.15, 0.2) is 24.3 Å². The van der Waals surface area contributed by atoms with Crippen LogP contribution in [0, 0.1) is 12.3 Å². The molecule has 2 nitrogen and oxygen atoms in total. The minimum Gasteiger partial charge on any atom is -0.396 e. The lowest BCUT2D eigenvalue weighted by atomic mass is 9.69. The van der Waals surface area contributed by atoms with Crippen molar-refractivity contribution in [1.29, 1.82) is 0 Å². The molecule has 2 rings (SSSR count). The highest BCUT2D eigenvalue weighted by atomic mass is 16.3. The Bertz CT molecular complexity index is 398. The number of aliphatic hydroxyl groups excluding tert-OH is 1. The Balaban J connectivity index is 1.88. The summed E-state index contributed by atoms with van der Waals surface area (Å²) >= 11 is 0. The van der Waals surface area contributed by atoms with Crippen LogP contribution in [0.1, 0.15) is 44.2 Å². The Morgan fingerprint density at radius 1 is 1.21 bits per heavy atom. The number of hydrogen-bond acceptors (Lipinski definition) is 2. The van der Waals surface area contributed by atoms with E-state index >= 15 is 0 Å². The molecule has 0 aromatic heterocycles. The topological polar surface area (TPSA) is 32.3 Å². The van der Waals surface area contributed by atoms with Crippen LogP contribution in [-0.2, 0) is 5.41 Å². The van der Waals surface area contributed by atoms with Crippen molar-refractivity contribution >= 4 is 0 Å². The standard InChI is InChI=1S/C17H27NO/c1-14-5-7-15(8-6-14)16(2,3)11-18-12-17(13-19)9-4-10-17/h5-8,18-19H,4,9-13H2,1-3H3. The third-order valence-electron chi connectivity index (χ3n) is 4.65. The van der Waals surface area contributed by atoms with Crippen LogP contribution in [0.2, 0.25) is 0 Å². The molecule has 0 unspecified atom stereocenters. The lowest BCUT2D eigenvalue weighted by Crippen LogP contribution is -2.45. The van der Waals surface area contributed by atoms with E-state index in [1.807, 2.05) is 0 Å². The van der Waals surface area contributed by atoms with E-state index in [0.717, 1.165) is 13.1 Å². The molecule has 106 valence electrons. The van der Waals surface area contributed by atoms with Crippen molar-refractivity contribution in [3.63, 3.8) is 0 Å². The van der Waals surface area contributed by atoms with Gasteiger partial charge in [0.15, 0.2) is 0 Å². The Hall–Kier alpha value is -0.860. The summed E-state index contributed by atoms with van der Waals surface area (Å²) in [5.74, 6) is 0. The van der Waals surface area contributed by atoms with Crippen molar-refractivity contribution in [2.24, 2.45) is 5.41 Å². The summed E-state index contributed by atoms with van der Waals surface area (Å²) in [6.45, 7) is 8.90. The zero-order chi connectivity index (χ0) is 13.9. The average Bonchev–Trinajstić information content (AvgIpc) is 2.33. The molecule has 1 fully saturated rings. The fourth-order valence-electron chi connectivity index (χ4n) is 2.81. The molecule has 0 aliphatic heterocycles. The van der Waals surface area contributed by atoms with Gasteiger partial charge in [-0.2, -0.15) is 0 Å². The van der Waals surface area contributed by atoms with Crippen molar-refractivity contribution < 1.29 is 5.11 Å². The van der Waals surface area contributed by atoms with Crippen LogP contribution >= 0.6 is 0 Å². The molecule has 2 N–H and O–H groups in total. The highest BCUT2D eigenvalue weighted by Crippen LogP contribution is 2.39. The molecule has 1 aliphatic rings. The smallest absolute Gasteiger partial charge is 0.0499 e. The highest BCUT2D eigenvalue weighted by Gasteiger charge is 2.36. The van der Waals surface area contributed by atoms with Gasteiger partial charge >= 0.3 is 0 Å². The lowest BCUT2D eigenvalue weighted by Gasteiger charge is -2.41. The van der Waals surface area contributed by atoms with Gasteiger partial charge in [0.2, 0.25) is 0 Å². The number of benzene rings is 1. The van der Waals surface area contributed by atoms with Crippen LogP contribution in [-0.4, -0.2) is 24.8 Å². The quantitative estimate of drug-likeness (QED) is 0.825. The van der Waals surface area contributed by atoms with Crippen molar-refractivity contribution in [3.8, 4) is 0 Å². The van der Waals surface area contributed by atoms with E-state index in [-0.39, 0.29) is 10.8 Å². The summed E-state index contributed by atoms with van der Waals surface area (Å²) in [5.41, 5.74) is 2.98. The van der Waals surface area contributed by atoms with E-state index in [2.05, 4.69) is 50.4 Å². The molecule has 1 aromatic rings. The molecular weight excluding hydrogens is 234 g/mol. The molecule has 0 spiro atoms. The molecule has 0 saturated heterocycles. The van der Waals surface area contributed by atoms with Crippen LogP contribution in [0.3, 0.4) is 0 Å². The largest absolute Gasteiger partial charge is 0.396 e. The Morgan fingerprint density at radius 3 is 2.32 bits per heavy atom. The van der Waals surface area contributed by atoms with Gasteiger partial charge in [0.05, 0.1) is 0 Å². The van der Waals surface area contributed by atoms with Crippen molar-refractivity contribution in [2.75, 3.05) is 19.7 Å². The number of rotatable bonds is 6. The summed E-state index contributed by atoms with van der Waals surface area (Å²) in [6, 6.07) is 8.81. The minimum atomic E-state index is 0.133. The fraction of sp³-hybridized carbons (Fsp3) is 0.647. The van der Waals surface area contributed by atoms with E-state index in [0.29, 0.717) is 6.61 Å². The van der Waals surface area contributed by atoms with Crippen molar-refractivity contribution in [1.82, 2.24) is 5.32 Å². The summed E-state index contributed by atoms with van der Waals surface area (Å²) in [4.78, 5) is 0. The highest BCUT2D eigenvalue weighted by molar-refractivity contribution is 5.27. The Morgan fingerprint density at radius 2 is 1.84 bits per heavy atom. The van der Waals surface area contributed by atoms with E-state index in [4.69, 9.17) is 0 Å². The lowest BCUT2D eigenvalue weighted by molar-refractivity contribution is 0.0438. The zero-order valence-corrected chi connectivity index (χ0v) is 12.5. The van der Waals surface area contributed by atoms with E-state index < -0.39 is 0 Å². The normalized spacial score (nSPS) is 18.1. The first-order chi connectivity index (χ1) is 8.97. The first-order valence-electron chi connectivity index (χ1n) is 7.36. The van der Waals surface area contributed by atoms with Gasteiger partial charge in [-0.1, -0.05) is 50.1 Å². The molecule has 0 radical (unpaired) electrons. The van der Waals surface area contributed by atoms with Gasteiger partial charge in [0.1, 0.15) is 0 Å². The Kier molecular flexibility index (Phi) is 4.32. The molecule has 0 bridgehead atoms. The molecule has 0 amide bonds. The van der Waals surface area contributed by atoms with E-state index in [1.165, 1.54) is 30.4 Å². The van der Waals surface area contributed by atoms with E-state index in [1.54, 1.807) is 0 Å². The van der Waals surface area contributed by atoms with Crippen LogP contribution in [0.4, 0.5) is 0 Å². The molecule has 0 heterocycles. The second-order valence-electron chi connectivity index (χ2n) is 6.87. The maximum Gasteiger partial charge on any atom is 0.0499 e. The Labute approximate surface area is 117 Å². The second kappa shape index (κ2) is 5.64. The van der Waals surface area contributed by atoms with Gasteiger partial charge in [-0.25, -0.2) is 0 Å². The van der Waals surface area contributed by atoms with Crippen molar-refractivity contribution in [2.45, 2.75) is 45.4 Å². The summed E-state index contributed by atoms with van der Waals surface area (Å²) in [7, 11) is 0. The molecule has 19 heavy (non-hydrogen) atoms. The predicted octanol–water partition coefficient (Wildman–Crippen LogP) is 3.02. The van der Waals surface area contributed by atoms with Gasteiger partial charge < -0.3 is 10.4 Å². The minimum absolute atomic E-state index is 0.133. The van der Waals surface area contributed by atoms with Crippen LogP contribution < -0.4 is 5.32 Å². The summed E-state index contributed by atoms with van der Waals surface area (Å²) in [5, 5.41) is 13.0. The molecule has 2 heteroatoms. The van der Waals surface area contributed by atoms with Gasteiger partial charge in [0, 0.05) is 30.5 Å². The third-order valence-corrected chi connectivity index (χ3v) is 4.65. The number of aryl methyl sites for hydroxylation is 1. The SMILES string of the molecule is Cc1ccc(C(C)(C)CNCC2(CO)CCC2)cc1. The monoisotopic (exact) mass is 261 g/mol. The number of nitrogens with one attached hydrogen (secondary N) is 1. The predicted molar refractivity (Wildman–Crippen MR) is 80.4 cm³/mol. The molecule has 1 saturated carbocycles. The van der Waals surface area contributed by atoms with Crippen molar-refractivity contribution in [3.05, 3.63) is 35.4 Å². The van der Waals surface area contributed by atoms with Gasteiger partial charge in [-0.05, 0) is 25.3 Å². The zero-order valence-electron chi connectivity index (χ0n) is 12.5. The maximum atomic E-state index is 9.47. The summed E-state index contributed by atoms with van der Waals surface area (Å²) in [6.07, 6.45) is 3.60. The number of hydrogen-bond donors (Lipinski definition) is 2. The molecule has 1 aromatic carbocycles. The molecule has 0 atom stereocenters. The summed E-state index contributed by atoms with van der Waals surface area (Å²) < 4.78 is 0. The van der Waals surface area contributed by atoms with Crippen LogP contribution in [0.25, 0.3) is 0 Å². The average molecular weight is 261 g/mol. The maximum absolute atomic E-state index is 9.47. The van der Waals surface area contributed by atoms with Gasteiger partial charge in [0.25, 0.3) is 0 Å². The number of aliphatic hydroxyl groups is 1. The first-order valence-corrected chi connectivity index (χ1v) is 7.36. The van der Waals surface area contributed by atoms with Gasteiger partial charge in [-0.15, -0.1) is 0 Å². The first kappa shape index (κ1) is 14.5. The second-order valence-corrected chi connectivity index (χ2v) is 6.87. The van der Waals surface area contributed by atoms with Gasteiger partial charge in [-0.3, -0.25) is 0 Å². The van der Waals surface area contributed by atoms with E-state index in [9.17, 15) is 5.11 Å². The van der Waals surface area contributed by atoms with Crippen LogP contribution in [0.5, 0.6) is 0 Å².